The normalized spacial score (nSPS) is 16.1. The van der Waals surface area contributed by atoms with Crippen LogP contribution >= 0.6 is 11.8 Å². The van der Waals surface area contributed by atoms with Crippen molar-refractivity contribution in [3.63, 3.8) is 0 Å². The molecule has 0 N–H and O–H groups in total. The molecule has 2 aromatic rings. The summed E-state index contributed by atoms with van der Waals surface area (Å²) in [7, 11) is 0. The minimum atomic E-state index is -0.0530. The second-order valence-corrected chi connectivity index (χ2v) is 7.04. The summed E-state index contributed by atoms with van der Waals surface area (Å²) in [6.45, 7) is 4.72. The summed E-state index contributed by atoms with van der Waals surface area (Å²) < 4.78 is 5.72. The molecular formula is C20H22N2O2S. The first kappa shape index (κ1) is 17.5. The number of carbonyl (C=O) groups is 1. The van der Waals surface area contributed by atoms with E-state index in [9.17, 15) is 4.79 Å². The molecule has 0 saturated carbocycles. The Morgan fingerprint density at radius 2 is 1.84 bits per heavy atom. The molecule has 1 aliphatic rings. The van der Waals surface area contributed by atoms with Gasteiger partial charge < -0.3 is 4.74 Å². The third-order valence-electron chi connectivity index (χ3n) is 4.07. The summed E-state index contributed by atoms with van der Waals surface area (Å²) in [5.74, 6) is 1.67. The number of hydrogen-bond donors (Lipinski definition) is 0. The van der Waals surface area contributed by atoms with Crippen LogP contribution in [0.1, 0.15) is 17.5 Å². The Balaban J connectivity index is 1.73. The van der Waals surface area contributed by atoms with Gasteiger partial charge in [-0.05, 0) is 43.5 Å². The average Bonchev–Trinajstić information content (AvgIpc) is 2.63. The predicted octanol–water partition coefficient (Wildman–Crippen LogP) is 4.34. The first-order valence-corrected chi connectivity index (χ1v) is 9.39. The largest absolute Gasteiger partial charge is 0.483 e. The second kappa shape index (κ2) is 8.21. The zero-order valence-corrected chi connectivity index (χ0v) is 15.4. The second-order valence-electron chi connectivity index (χ2n) is 5.98. The van der Waals surface area contributed by atoms with Crippen LogP contribution in [-0.2, 0) is 4.79 Å². The van der Waals surface area contributed by atoms with Gasteiger partial charge in [-0.3, -0.25) is 9.69 Å². The maximum atomic E-state index is 12.7. The van der Waals surface area contributed by atoms with E-state index in [1.165, 1.54) is 0 Å². The van der Waals surface area contributed by atoms with Crippen LogP contribution in [0.15, 0.2) is 53.5 Å². The lowest BCUT2D eigenvalue weighted by Crippen LogP contribution is -2.41. The molecule has 0 atom stereocenters. The standard InChI is InChI=1S/C20H22N2O2S/c1-15-8-3-5-10-17(15)21-20-22(12-7-13-25-20)19(23)14-24-18-11-6-4-9-16(18)2/h3-6,8-11H,7,12-14H2,1-2H3. The number of rotatable bonds is 4. The van der Waals surface area contributed by atoms with E-state index in [0.717, 1.165) is 39.9 Å². The van der Waals surface area contributed by atoms with Gasteiger partial charge in [-0.1, -0.05) is 48.2 Å². The predicted molar refractivity (Wildman–Crippen MR) is 104 cm³/mol. The Morgan fingerprint density at radius 3 is 2.60 bits per heavy atom. The molecule has 5 heteroatoms. The minimum Gasteiger partial charge on any atom is -0.483 e. The number of aliphatic imine (C=N–C) groups is 1. The van der Waals surface area contributed by atoms with E-state index in [4.69, 9.17) is 9.73 Å². The smallest absolute Gasteiger partial charge is 0.266 e. The van der Waals surface area contributed by atoms with Gasteiger partial charge in [0.1, 0.15) is 5.75 Å². The number of ether oxygens (including phenoxy) is 1. The number of para-hydroxylation sites is 2. The van der Waals surface area contributed by atoms with E-state index in [1.807, 2.05) is 62.4 Å². The summed E-state index contributed by atoms with van der Waals surface area (Å²) in [6, 6.07) is 15.7. The molecule has 2 aromatic carbocycles. The zero-order valence-electron chi connectivity index (χ0n) is 14.6. The number of benzene rings is 2. The van der Waals surface area contributed by atoms with Crippen LogP contribution in [-0.4, -0.2) is 34.9 Å². The molecule has 0 spiro atoms. The number of thioether (sulfide) groups is 1. The summed E-state index contributed by atoms with van der Waals surface area (Å²) >= 11 is 1.63. The molecule has 1 aliphatic heterocycles. The molecule has 0 unspecified atom stereocenters. The quantitative estimate of drug-likeness (QED) is 0.820. The number of hydrogen-bond acceptors (Lipinski definition) is 4. The van der Waals surface area contributed by atoms with E-state index in [1.54, 1.807) is 16.7 Å². The molecule has 1 heterocycles. The summed E-state index contributed by atoms with van der Waals surface area (Å²) in [5.41, 5.74) is 3.03. The van der Waals surface area contributed by atoms with Crippen LogP contribution < -0.4 is 4.74 Å². The SMILES string of the molecule is Cc1ccccc1N=C1SCCCN1C(=O)COc1ccccc1C. The van der Waals surface area contributed by atoms with Crippen molar-refractivity contribution >= 4 is 28.5 Å². The summed E-state index contributed by atoms with van der Waals surface area (Å²) in [4.78, 5) is 19.1. The van der Waals surface area contributed by atoms with Crippen molar-refractivity contribution in [2.24, 2.45) is 4.99 Å². The molecule has 0 radical (unpaired) electrons. The highest BCUT2D eigenvalue weighted by atomic mass is 32.2. The van der Waals surface area contributed by atoms with Gasteiger partial charge in [0.25, 0.3) is 5.91 Å². The Hall–Kier alpha value is -2.27. The third-order valence-corrected chi connectivity index (χ3v) is 5.13. The number of amidine groups is 1. The zero-order chi connectivity index (χ0) is 17.6. The Labute approximate surface area is 152 Å². The monoisotopic (exact) mass is 354 g/mol. The van der Waals surface area contributed by atoms with Gasteiger partial charge >= 0.3 is 0 Å². The molecular weight excluding hydrogens is 332 g/mol. The number of carbonyl (C=O) groups excluding carboxylic acids is 1. The molecule has 1 saturated heterocycles. The average molecular weight is 354 g/mol. The Bertz CT molecular complexity index is 789. The number of nitrogens with zero attached hydrogens (tertiary/aromatic N) is 2. The van der Waals surface area contributed by atoms with Crippen molar-refractivity contribution < 1.29 is 9.53 Å². The lowest BCUT2D eigenvalue weighted by Gasteiger charge is -2.28. The lowest BCUT2D eigenvalue weighted by atomic mass is 10.2. The van der Waals surface area contributed by atoms with Crippen molar-refractivity contribution in [3.05, 3.63) is 59.7 Å². The molecule has 0 aromatic heterocycles. The van der Waals surface area contributed by atoms with Gasteiger partial charge in [-0.25, -0.2) is 4.99 Å². The van der Waals surface area contributed by atoms with Crippen molar-refractivity contribution in [2.75, 3.05) is 18.9 Å². The van der Waals surface area contributed by atoms with Gasteiger partial charge in [0.15, 0.2) is 11.8 Å². The molecule has 25 heavy (non-hydrogen) atoms. The minimum absolute atomic E-state index is 0.0260. The number of amides is 1. The van der Waals surface area contributed by atoms with Gasteiger partial charge in [0.2, 0.25) is 0 Å². The summed E-state index contributed by atoms with van der Waals surface area (Å²) in [5, 5.41) is 0.763. The molecule has 3 rings (SSSR count). The fraction of sp³-hybridized carbons (Fsp3) is 0.300. The topological polar surface area (TPSA) is 41.9 Å². The first-order valence-electron chi connectivity index (χ1n) is 8.41. The maximum absolute atomic E-state index is 12.7. The molecule has 4 nitrogen and oxygen atoms in total. The molecule has 130 valence electrons. The van der Waals surface area contributed by atoms with Crippen LogP contribution in [0.3, 0.4) is 0 Å². The van der Waals surface area contributed by atoms with Crippen LogP contribution in [0.25, 0.3) is 0 Å². The fourth-order valence-corrected chi connectivity index (χ4v) is 3.58. The highest BCUT2D eigenvalue weighted by Crippen LogP contribution is 2.25. The number of aryl methyl sites for hydroxylation is 2. The Kier molecular flexibility index (Phi) is 5.76. The van der Waals surface area contributed by atoms with E-state index in [2.05, 4.69) is 0 Å². The van der Waals surface area contributed by atoms with Crippen molar-refractivity contribution in [3.8, 4) is 5.75 Å². The van der Waals surface area contributed by atoms with Gasteiger partial charge in [-0.2, -0.15) is 0 Å². The maximum Gasteiger partial charge on any atom is 0.266 e. The molecule has 0 bridgehead atoms. The van der Waals surface area contributed by atoms with Crippen molar-refractivity contribution in [2.45, 2.75) is 20.3 Å². The van der Waals surface area contributed by atoms with E-state index in [0.29, 0.717) is 6.54 Å². The van der Waals surface area contributed by atoms with E-state index < -0.39 is 0 Å². The van der Waals surface area contributed by atoms with Crippen molar-refractivity contribution in [1.29, 1.82) is 0 Å². The Morgan fingerprint density at radius 1 is 1.12 bits per heavy atom. The summed E-state index contributed by atoms with van der Waals surface area (Å²) in [6.07, 6.45) is 0.966. The van der Waals surface area contributed by atoms with E-state index >= 15 is 0 Å². The first-order chi connectivity index (χ1) is 12.1. The van der Waals surface area contributed by atoms with Crippen molar-refractivity contribution in [1.82, 2.24) is 4.90 Å². The molecule has 1 fully saturated rings. The molecule has 1 amide bonds. The van der Waals surface area contributed by atoms with Gasteiger partial charge in [0.05, 0.1) is 5.69 Å². The van der Waals surface area contributed by atoms with Crippen LogP contribution in [0.4, 0.5) is 5.69 Å². The highest BCUT2D eigenvalue weighted by molar-refractivity contribution is 8.13. The van der Waals surface area contributed by atoms with E-state index in [-0.39, 0.29) is 12.5 Å². The lowest BCUT2D eigenvalue weighted by molar-refractivity contribution is -0.129. The molecule has 0 aliphatic carbocycles. The highest BCUT2D eigenvalue weighted by Gasteiger charge is 2.24. The van der Waals surface area contributed by atoms with Crippen LogP contribution in [0.2, 0.25) is 0 Å². The third kappa shape index (κ3) is 4.42. The van der Waals surface area contributed by atoms with Crippen LogP contribution in [0.5, 0.6) is 5.75 Å². The van der Waals surface area contributed by atoms with Crippen LogP contribution in [0, 0.1) is 13.8 Å². The van der Waals surface area contributed by atoms with Gasteiger partial charge in [0, 0.05) is 12.3 Å². The van der Waals surface area contributed by atoms with Gasteiger partial charge in [-0.15, -0.1) is 0 Å². The fourth-order valence-electron chi connectivity index (χ4n) is 2.61.